The number of methoxy groups -OCH3 is 1. The lowest BCUT2D eigenvalue weighted by molar-refractivity contribution is -0.134. The predicted molar refractivity (Wildman–Crippen MR) is 103 cm³/mol. The van der Waals surface area contributed by atoms with E-state index in [4.69, 9.17) is 4.74 Å². The number of nitrogens with zero attached hydrogens (tertiary/aromatic N) is 4. The Kier molecular flexibility index (Phi) is 7.23. The van der Waals surface area contributed by atoms with Crippen LogP contribution in [0, 0.1) is 0 Å². The highest BCUT2D eigenvalue weighted by molar-refractivity contribution is 5.85. The van der Waals surface area contributed by atoms with E-state index < -0.39 is 0 Å². The maximum atomic E-state index is 12.6. The lowest BCUT2D eigenvalue weighted by Gasteiger charge is -2.33. The molecule has 0 radical (unpaired) electrons. The highest BCUT2D eigenvalue weighted by atomic mass is 35.5. The van der Waals surface area contributed by atoms with E-state index in [0.29, 0.717) is 5.92 Å². The average Bonchev–Trinajstić information content (AvgIpc) is 3.28. The monoisotopic (exact) mass is 401 g/mol. The molecule has 2 aromatic rings. The maximum absolute atomic E-state index is 12.6. The van der Waals surface area contributed by atoms with Gasteiger partial charge in [-0.1, -0.05) is 6.07 Å². The molecule has 4 heterocycles. The Bertz CT molecular complexity index is 733. The number of hydrogen-bond donors (Lipinski definition) is 1. The Balaban J connectivity index is 0.00000121. The number of piperidine rings is 1. The van der Waals surface area contributed by atoms with E-state index in [1.807, 2.05) is 29.3 Å². The minimum Gasteiger partial charge on any atom is -0.380 e. The average molecular weight is 402 g/mol. The van der Waals surface area contributed by atoms with Gasteiger partial charge >= 0.3 is 0 Å². The molecule has 2 aliphatic rings. The van der Waals surface area contributed by atoms with Gasteiger partial charge in [0.05, 0.1) is 12.1 Å². The summed E-state index contributed by atoms with van der Waals surface area (Å²) in [6.07, 6.45) is 4.79. The molecule has 2 fully saturated rings. The molecule has 144 valence electrons. The maximum Gasteiger partial charge on any atom is 0.239 e. The number of likely N-dealkylation sites (tertiary alicyclic amines) is 1. The third-order valence-electron chi connectivity index (χ3n) is 5.23. The van der Waals surface area contributed by atoms with Crippen molar-refractivity contribution in [3.8, 4) is 0 Å². The molecule has 2 aliphatic heterocycles. The van der Waals surface area contributed by atoms with Crippen molar-refractivity contribution in [2.75, 3.05) is 26.7 Å². The van der Waals surface area contributed by atoms with E-state index in [-0.39, 0.29) is 42.9 Å². The molecule has 4 rings (SSSR count). The van der Waals surface area contributed by atoms with Crippen LogP contribution in [0.15, 0.2) is 24.4 Å². The number of aromatic nitrogens is 3. The van der Waals surface area contributed by atoms with Crippen LogP contribution < -0.4 is 5.32 Å². The molecule has 7 nitrogen and oxygen atoms in total. The molecule has 1 amide bonds. The zero-order valence-electron chi connectivity index (χ0n) is 14.7. The first-order valence-electron chi connectivity index (χ1n) is 8.61. The zero-order chi connectivity index (χ0) is 16.5. The van der Waals surface area contributed by atoms with Gasteiger partial charge in [-0.05, 0) is 31.4 Å². The van der Waals surface area contributed by atoms with E-state index >= 15 is 0 Å². The van der Waals surface area contributed by atoms with Crippen molar-refractivity contribution < 1.29 is 9.53 Å². The van der Waals surface area contributed by atoms with Crippen molar-refractivity contribution in [1.82, 2.24) is 24.8 Å². The molecule has 0 bridgehead atoms. The second-order valence-corrected chi connectivity index (χ2v) is 6.64. The number of carbonyl (C=O) groups excluding carboxylic acids is 1. The van der Waals surface area contributed by atoms with Gasteiger partial charge in [-0.2, -0.15) is 0 Å². The highest BCUT2D eigenvalue weighted by Gasteiger charge is 2.34. The Morgan fingerprint density at radius 3 is 2.69 bits per heavy atom. The summed E-state index contributed by atoms with van der Waals surface area (Å²) in [6.45, 7) is 2.32. The van der Waals surface area contributed by atoms with Gasteiger partial charge in [0.15, 0.2) is 5.65 Å². The van der Waals surface area contributed by atoms with Crippen molar-refractivity contribution in [1.29, 1.82) is 0 Å². The van der Waals surface area contributed by atoms with Gasteiger partial charge in [0.25, 0.3) is 0 Å². The third-order valence-corrected chi connectivity index (χ3v) is 5.23. The Morgan fingerprint density at radius 2 is 2.00 bits per heavy atom. The van der Waals surface area contributed by atoms with Crippen molar-refractivity contribution in [2.24, 2.45) is 0 Å². The summed E-state index contributed by atoms with van der Waals surface area (Å²) in [5.41, 5.74) is 0.881. The van der Waals surface area contributed by atoms with Gasteiger partial charge in [0.1, 0.15) is 5.82 Å². The lowest BCUT2D eigenvalue weighted by Crippen LogP contribution is -2.46. The van der Waals surface area contributed by atoms with E-state index in [1.165, 1.54) is 0 Å². The first kappa shape index (κ1) is 20.9. The van der Waals surface area contributed by atoms with E-state index in [0.717, 1.165) is 50.4 Å². The minimum absolute atomic E-state index is 0. The molecule has 1 N–H and O–H groups in total. The molecule has 0 aliphatic carbocycles. The van der Waals surface area contributed by atoms with Crippen LogP contribution in [0.2, 0.25) is 0 Å². The molecular formula is C17H25Cl2N5O2. The standard InChI is InChI=1S/C17H23N5O2.2ClH/c1-24-13-10-14(18-11-13)17(23)21-8-5-12(6-9-21)16-20-19-15-4-2-3-7-22(15)16;;/h2-4,7,12-14,18H,5-6,8-11H2,1H3;2*1H/t13-,14-;;/m0../s1. The van der Waals surface area contributed by atoms with Crippen LogP contribution in [0.3, 0.4) is 0 Å². The fourth-order valence-electron chi connectivity index (χ4n) is 3.79. The number of nitrogens with one attached hydrogen (secondary N) is 1. The molecular weight excluding hydrogens is 377 g/mol. The van der Waals surface area contributed by atoms with Gasteiger partial charge < -0.3 is 15.0 Å². The Labute approximate surface area is 165 Å². The highest BCUT2D eigenvalue weighted by Crippen LogP contribution is 2.28. The number of rotatable bonds is 3. The van der Waals surface area contributed by atoms with Crippen molar-refractivity contribution in [3.63, 3.8) is 0 Å². The summed E-state index contributed by atoms with van der Waals surface area (Å²) >= 11 is 0. The zero-order valence-corrected chi connectivity index (χ0v) is 16.3. The van der Waals surface area contributed by atoms with Crippen LogP contribution in [-0.2, 0) is 9.53 Å². The van der Waals surface area contributed by atoms with Gasteiger partial charge in [0.2, 0.25) is 5.91 Å². The van der Waals surface area contributed by atoms with Crippen molar-refractivity contribution >= 4 is 36.4 Å². The topological polar surface area (TPSA) is 71.8 Å². The van der Waals surface area contributed by atoms with E-state index in [1.54, 1.807) is 7.11 Å². The smallest absolute Gasteiger partial charge is 0.239 e. The summed E-state index contributed by atoms with van der Waals surface area (Å²) in [5, 5.41) is 11.9. The summed E-state index contributed by atoms with van der Waals surface area (Å²) in [5.74, 6) is 1.57. The SMILES string of the molecule is CO[C@@H]1CN[C@H](C(=O)N2CCC(c3nnc4ccccn34)CC2)C1.Cl.Cl. The molecule has 0 unspecified atom stereocenters. The van der Waals surface area contributed by atoms with Crippen LogP contribution in [0.5, 0.6) is 0 Å². The molecule has 2 aromatic heterocycles. The van der Waals surface area contributed by atoms with Crippen molar-refractivity contribution in [2.45, 2.75) is 37.3 Å². The fourth-order valence-corrected chi connectivity index (χ4v) is 3.79. The normalized spacial score (nSPS) is 23.5. The first-order valence-corrected chi connectivity index (χ1v) is 8.61. The molecule has 0 spiro atoms. The summed E-state index contributed by atoms with van der Waals surface area (Å²) in [4.78, 5) is 14.6. The summed E-state index contributed by atoms with van der Waals surface area (Å²) in [6, 6.07) is 5.83. The van der Waals surface area contributed by atoms with Crippen molar-refractivity contribution in [3.05, 3.63) is 30.2 Å². The lowest BCUT2D eigenvalue weighted by atomic mass is 9.95. The number of amides is 1. The second kappa shape index (κ2) is 8.99. The van der Waals surface area contributed by atoms with Gasteiger partial charge in [-0.25, -0.2) is 0 Å². The van der Waals surface area contributed by atoms with Gasteiger partial charge in [0, 0.05) is 38.9 Å². The van der Waals surface area contributed by atoms with Crippen LogP contribution in [-0.4, -0.2) is 64.3 Å². The van der Waals surface area contributed by atoms with Crippen LogP contribution >= 0.6 is 24.8 Å². The van der Waals surface area contributed by atoms with Gasteiger partial charge in [-0.15, -0.1) is 35.0 Å². The molecule has 9 heteroatoms. The first-order chi connectivity index (χ1) is 11.8. The molecule has 0 saturated carbocycles. The fraction of sp³-hybridized carbons (Fsp3) is 0.588. The van der Waals surface area contributed by atoms with Crippen LogP contribution in [0.1, 0.15) is 31.0 Å². The number of hydrogen-bond acceptors (Lipinski definition) is 5. The van der Waals surface area contributed by atoms with Crippen LogP contribution in [0.25, 0.3) is 5.65 Å². The Morgan fingerprint density at radius 1 is 1.23 bits per heavy atom. The molecule has 2 saturated heterocycles. The Hall–Kier alpha value is -1.41. The van der Waals surface area contributed by atoms with Crippen LogP contribution in [0.4, 0.5) is 0 Å². The summed E-state index contributed by atoms with van der Waals surface area (Å²) in [7, 11) is 1.70. The number of pyridine rings is 1. The third kappa shape index (κ3) is 3.96. The van der Waals surface area contributed by atoms with Gasteiger partial charge in [-0.3, -0.25) is 9.20 Å². The minimum atomic E-state index is -0.0968. The molecule has 0 aromatic carbocycles. The number of fused-ring (bicyclic) bond motifs is 1. The predicted octanol–water partition coefficient (Wildman–Crippen LogP) is 1.66. The summed E-state index contributed by atoms with van der Waals surface area (Å²) < 4.78 is 7.39. The quantitative estimate of drug-likeness (QED) is 0.846. The largest absolute Gasteiger partial charge is 0.380 e. The second-order valence-electron chi connectivity index (χ2n) is 6.64. The molecule has 2 atom stereocenters. The number of carbonyl (C=O) groups is 1. The number of halogens is 2. The molecule has 26 heavy (non-hydrogen) atoms. The van der Waals surface area contributed by atoms with E-state index in [9.17, 15) is 4.79 Å². The van der Waals surface area contributed by atoms with E-state index in [2.05, 4.69) is 19.9 Å². The number of ether oxygens (including phenoxy) is 1.